The van der Waals surface area contributed by atoms with Crippen LogP contribution in [0.1, 0.15) is 17.7 Å². The normalized spacial score (nSPS) is 10.7. The molecule has 3 nitrogen and oxygen atoms in total. The van der Waals surface area contributed by atoms with Crippen LogP contribution in [0.25, 0.3) is 0 Å². The van der Waals surface area contributed by atoms with Crippen molar-refractivity contribution in [1.29, 1.82) is 0 Å². The quantitative estimate of drug-likeness (QED) is 0.853. The van der Waals surface area contributed by atoms with Gasteiger partial charge in [-0.3, -0.25) is 4.98 Å². The van der Waals surface area contributed by atoms with Gasteiger partial charge in [0, 0.05) is 6.54 Å². The molecule has 2 N–H and O–H groups in total. The second-order valence-corrected chi connectivity index (χ2v) is 2.88. The third-order valence-corrected chi connectivity index (χ3v) is 2.12. The molecule has 0 amide bonds. The fourth-order valence-electron chi connectivity index (χ4n) is 1.05. The summed E-state index contributed by atoms with van der Waals surface area (Å²) in [5.41, 5.74) is 4.99. The van der Waals surface area contributed by atoms with Gasteiger partial charge in [0.05, 0.1) is 29.6 Å². The Morgan fingerprint density at radius 3 is 2.71 bits per heavy atom. The van der Waals surface area contributed by atoms with E-state index in [0.717, 1.165) is 0 Å². The average Bonchev–Trinajstić information content (AvgIpc) is 2.16. The molecule has 0 radical (unpaired) electrons. The zero-order chi connectivity index (χ0) is 10.7. The van der Waals surface area contributed by atoms with Crippen molar-refractivity contribution in [3.63, 3.8) is 0 Å². The fraction of sp³-hybridized carbons (Fsp3) is 0.375. The number of methoxy groups -OCH3 is 1. The number of aromatic nitrogens is 1. The highest BCUT2D eigenvalue weighted by Crippen LogP contribution is 2.35. The van der Waals surface area contributed by atoms with Crippen molar-refractivity contribution in [2.45, 2.75) is 13.0 Å². The zero-order valence-corrected chi connectivity index (χ0v) is 8.18. The minimum absolute atomic E-state index is 0.0800. The highest BCUT2D eigenvalue weighted by molar-refractivity contribution is 6.32. The lowest BCUT2D eigenvalue weighted by molar-refractivity contribution is 0.149. The first-order valence-corrected chi connectivity index (χ1v) is 4.19. The summed E-state index contributed by atoms with van der Waals surface area (Å²) in [4.78, 5) is 3.74. The lowest BCUT2D eigenvalue weighted by atomic mass is 10.2. The van der Waals surface area contributed by atoms with Crippen LogP contribution in [-0.4, -0.2) is 12.1 Å². The van der Waals surface area contributed by atoms with Gasteiger partial charge < -0.3 is 10.5 Å². The molecular formula is C8H9ClF2N2O. The van der Waals surface area contributed by atoms with Crippen molar-refractivity contribution in [3.05, 3.63) is 22.5 Å². The summed E-state index contributed by atoms with van der Waals surface area (Å²) >= 11 is 5.69. The van der Waals surface area contributed by atoms with E-state index < -0.39 is 6.43 Å². The van der Waals surface area contributed by atoms with Gasteiger partial charge in [0.2, 0.25) is 0 Å². The summed E-state index contributed by atoms with van der Waals surface area (Å²) in [5.74, 6) is 0.124. The van der Waals surface area contributed by atoms with Gasteiger partial charge in [-0.15, -0.1) is 0 Å². The van der Waals surface area contributed by atoms with Crippen LogP contribution in [0.2, 0.25) is 5.02 Å². The van der Waals surface area contributed by atoms with Crippen LogP contribution in [0.3, 0.4) is 0 Å². The largest absolute Gasteiger partial charge is 0.494 e. The van der Waals surface area contributed by atoms with Crippen LogP contribution < -0.4 is 10.5 Å². The first-order chi connectivity index (χ1) is 6.61. The highest BCUT2D eigenvalue weighted by Gasteiger charge is 2.20. The van der Waals surface area contributed by atoms with Gasteiger partial charge in [-0.05, 0) is 0 Å². The van der Waals surface area contributed by atoms with Gasteiger partial charge in [-0.1, -0.05) is 11.6 Å². The molecular weight excluding hydrogens is 214 g/mol. The Kier molecular flexibility index (Phi) is 3.60. The molecule has 0 aliphatic carbocycles. The average molecular weight is 223 g/mol. The van der Waals surface area contributed by atoms with E-state index in [4.69, 9.17) is 22.1 Å². The van der Waals surface area contributed by atoms with E-state index in [2.05, 4.69) is 4.98 Å². The van der Waals surface area contributed by atoms with Crippen LogP contribution in [0, 0.1) is 0 Å². The maximum Gasteiger partial charge on any atom is 0.267 e. The maximum atomic E-state index is 12.6. The van der Waals surface area contributed by atoms with Gasteiger partial charge in [0.15, 0.2) is 5.75 Å². The van der Waals surface area contributed by atoms with Crippen LogP contribution in [0.15, 0.2) is 6.20 Å². The summed E-state index contributed by atoms with van der Waals surface area (Å²) < 4.78 is 29.9. The Morgan fingerprint density at radius 2 is 2.29 bits per heavy atom. The maximum absolute atomic E-state index is 12.6. The minimum atomic E-state index is -2.70. The summed E-state index contributed by atoms with van der Waals surface area (Å²) in [5, 5.41) is -0.127. The molecule has 1 aromatic rings. The fourth-order valence-corrected chi connectivity index (χ4v) is 1.37. The summed E-state index contributed by atoms with van der Waals surface area (Å²) in [6.45, 7) is -0.0800. The number of alkyl halides is 2. The summed E-state index contributed by atoms with van der Waals surface area (Å²) in [6, 6.07) is 0. The van der Waals surface area contributed by atoms with E-state index in [1.165, 1.54) is 13.3 Å². The molecule has 0 aliphatic rings. The minimum Gasteiger partial charge on any atom is -0.494 e. The molecule has 0 aromatic carbocycles. The third-order valence-electron chi connectivity index (χ3n) is 1.73. The number of nitrogens with two attached hydrogens (primary N) is 1. The third kappa shape index (κ3) is 1.93. The Labute approximate surface area is 84.8 Å². The predicted octanol–water partition coefficient (Wildman–Crippen LogP) is 2.14. The van der Waals surface area contributed by atoms with E-state index in [0.29, 0.717) is 0 Å². The van der Waals surface area contributed by atoms with Gasteiger partial charge in [-0.25, -0.2) is 8.78 Å². The van der Waals surface area contributed by atoms with Crippen LogP contribution >= 0.6 is 11.6 Å². The molecule has 0 atom stereocenters. The van der Waals surface area contributed by atoms with Gasteiger partial charge in [0.25, 0.3) is 6.43 Å². The molecule has 1 rings (SSSR count). The SMILES string of the molecule is COc1cnc(CN)c(C(F)F)c1Cl. The van der Waals surface area contributed by atoms with Crippen LogP contribution in [-0.2, 0) is 6.54 Å². The molecule has 0 saturated heterocycles. The van der Waals surface area contributed by atoms with Crippen molar-refractivity contribution in [3.8, 4) is 5.75 Å². The molecule has 0 spiro atoms. The molecule has 1 heterocycles. The molecule has 0 fully saturated rings. The summed E-state index contributed by atoms with van der Waals surface area (Å²) in [6.07, 6.45) is -1.43. The second kappa shape index (κ2) is 4.52. The van der Waals surface area contributed by atoms with Gasteiger partial charge in [0.1, 0.15) is 0 Å². The molecule has 1 aromatic heterocycles. The molecule has 78 valence electrons. The highest BCUT2D eigenvalue weighted by atomic mass is 35.5. The monoisotopic (exact) mass is 222 g/mol. The van der Waals surface area contributed by atoms with Crippen molar-refractivity contribution in [2.75, 3.05) is 7.11 Å². The Balaban J connectivity index is 3.31. The first-order valence-electron chi connectivity index (χ1n) is 3.81. The smallest absolute Gasteiger partial charge is 0.267 e. The predicted molar refractivity (Wildman–Crippen MR) is 48.6 cm³/mol. The Hall–Kier alpha value is -0.940. The molecule has 0 bridgehead atoms. The number of rotatable bonds is 3. The van der Waals surface area contributed by atoms with Crippen LogP contribution in [0.5, 0.6) is 5.75 Å². The number of hydrogen-bond donors (Lipinski definition) is 1. The van der Waals surface area contributed by atoms with E-state index in [1.807, 2.05) is 0 Å². The Morgan fingerprint density at radius 1 is 1.64 bits per heavy atom. The lowest BCUT2D eigenvalue weighted by Gasteiger charge is -2.11. The van der Waals surface area contributed by atoms with E-state index in [9.17, 15) is 8.78 Å². The van der Waals surface area contributed by atoms with E-state index in [-0.39, 0.29) is 28.6 Å². The zero-order valence-electron chi connectivity index (χ0n) is 7.43. The number of hydrogen-bond acceptors (Lipinski definition) is 3. The van der Waals surface area contributed by atoms with Crippen molar-refractivity contribution >= 4 is 11.6 Å². The van der Waals surface area contributed by atoms with E-state index >= 15 is 0 Å². The van der Waals surface area contributed by atoms with Crippen molar-refractivity contribution < 1.29 is 13.5 Å². The lowest BCUT2D eigenvalue weighted by Crippen LogP contribution is -2.06. The number of ether oxygens (including phenoxy) is 1. The van der Waals surface area contributed by atoms with Crippen LogP contribution in [0.4, 0.5) is 8.78 Å². The van der Waals surface area contributed by atoms with Crippen molar-refractivity contribution in [1.82, 2.24) is 4.98 Å². The first kappa shape index (κ1) is 11.1. The van der Waals surface area contributed by atoms with Gasteiger partial charge >= 0.3 is 0 Å². The standard InChI is InChI=1S/C8H9ClF2N2O/c1-14-5-3-13-4(2-12)6(7(5)9)8(10)11/h3,8H,2,12H2,1H3. The topological polar surface area (TPSA) is 48.1 Å². The summed E-state index contributed by atoms with van der Waals surface area (Å²) in [7, 11) is 1.33. The number of halogens is 3. The molecule has 0 unspecified atom stereocenters. The van der Waals surface area contributed by atoms with Gasteiger partial charge in [-0.2, -0.15) is 0 Å². The van der Waals surface area contributed by atoms with E-state index in [1.54, 1.807) is 0 Å². The second-order valence-electron chi connectivity index (χ2n) is 2.51. The number of nitrogens with zero attached hydrogens (tertiary/aromatic N) is 1. The molecule has 6 heteroatoms. The van der Waals surface area contributed by atoms with Crippen molar-refractivity contribution in [2.24, 2.45) is 5.73 Å². The number of pyridine rings is 1. The molecule has 0 saturated carbocycles. The molecule has 14 heavy (non-hydrogen) atoms. The molecule has 0 aliphatic heterocycles. The Bertz CT molecular complexity index is 333.